The van der Waals surface area contributed by atoms with E-state index in [1.807, 2.05) is 11.8 Å². The number of hydrogen-bond donors (Lipinski definition) is 1. The number of hydrogen-bond acceptors (Lipinski definition) is 3. The van der Waals surface area contributed by atoms with E-state index in [2.05, 4.69) is 89.9 Å². The summed E-state index contributed by atoms with van der Waals surface area (Å²) in [6, 6.07) is 26.3. The van der Waals surface area contributed by atoms with E-state index in [4.69, 9.17) is 0 Å². The molecule has 1 N–H and O–H groups in total. The number of anilines is 2. The summed E-state index contributed by atoms with van der Waals surface area (Å²) >= 11 is 1.89. The third-order valence-corrected chi connectivity index (χ3v) is 6.04. The van der Waals surface area contributed by atoms with Gasteiger partial charge in [-0.25, -0.2) is 0 Å². The first-order valence-corrected chi connectivity index (χ1v) is 10.6. The van der Waals surface area contributed by atoms with E-state index in [9.17, 15) is 0 Å². The maximum Gasteiger partial charge on any atom is 0.0556 e. The first kappa shape index (κ1) is 18.1. The number of para-hydroxylation sites is 1. The standard InChI is InChI=1S/C24H26N2S/c1-2-8-19-13-14-24-22(17-19)26(21-11-6-7-12-23(21)27-24)16-15-25-18-20-9-4-3-5-10-20/h3-7,9-14,17,25H,2,8,15-16,18H2,1H3. The fraction of sp³-hybridized carbons (Fsp3) is 0.250. The number of fused-ring (bicyclic) bond motifs is 2. The lowest BCUT2D eigenvalue weighted by Gasteiger charge is -2.33. The van der Waals surface area contributed by atoms with Crippen LogP contribution >= 0.6 is 11.8 Å². The Bertz CT molecular complexity index is 892. The normalized spacial score (nSPS) is 12.6. The van der Waals surface area contributed by atoms with E-state index in [0.29, 0.717) is 0 Å². The van der Waals surface area contributed by atoms with E-state index < -0.39 is 0 Å². The van der Waals surface area contributed by atoms with Crippen LogP contribution in [0.2, 0.25) is 0 Å². The smallest absolute Gasteiger partial charge is 0.0556 e. The molecule has 0 radical (unpaired) electrons. The van der Waals surface area contributed by atoms with Gasteiger partial charge in [-0.1, -0.05) is 73.6 Å². The average molecular weight is 375 g/mol. The molecule has 3 aromatic carbocycles. The molecule has 0 bridgehead atoms. The predicted octanol–water partition coefficient (Wildman–Crippen LogP) is 6.03. The maximum absolute atomic E-state index is 3.60. The zero-order valence-corrected chi connectivity index (χ0v) is 16.6. The number of benzene rings is 3. The Morgan fingerprint density at radius 2 is 1.59 bits per heavy atom. The molecule has 1 heterocycles. The maximum atomic E-state index is 3.60. The molecule has 1 aliphatic heterocycles. The second kappa shape index (κ2) is 8.64. The topological polar surface area (TPSA) is 15.3 Å². The lowest BCUT2D eigenvalue weighted by Crippen LogP contribution is -2.30. The molecule has 0 fully saturated rings. The molecule has 2 nitrogen and oxygen atoms in total. The van der Waals surface area contributed by atoms with E-state index in [1.54, 1.807) is 0 Å². The van der Waals surface area contributed by atoms with Gasteiger partial charge in [0.2, 0.25) is 0 Å². The summed E-state index contributed by atoms with van der Waals surface area (Å²) in [5.74, 6) is 0. The van der Waals surface area contributed by atoms with Gasteiger partial charge in [-0.15, -0.1) is 0 Å². The highest BCUT2D eigenvalue weighted by Crippen LogP contribution is 2.48. The Kier molecular flexibility index (Phi) is 5.81. The number of aryl methyl sites for hydroxylation is 1. The van der Waals surface area contributed by atoms with Crippen molar-refractivity contribution in [3.05, 3.63) is 83.9 Å². The minimum absolute atomic E-state index is 0.911. The SMILES string of the molecule is CCCc1ccc2c(c1)N(CCNCc1ccccc1)c1ccccc1S2. The second-order valence-electron chi connectivity index (χ2n) is 6.94. The zero-order chi connectivity index (χ0) is 18.5. The van der Waals surface area contributed by atoms with Gasteiger partial charge >= 0.3 is 0 Å². The van der Waals surface area contributed by atoms with Crippen molar-refractivity contribution < 1.29 is 0 Å². The van der Waals surface area contributed by atoms with E-state index >= 15 is 0 Å². The predicted molar refractivity (Wildman–Crippen MR) is 116 cm³/mol. The van der Waals surface area contributed by atoms with Crippen LogP contribution in [0.15, 0.2) is 82.6 Å². The summed E-state index contributed by atoms with van der Waals surface area (Å²) in [6.45, 7) is 5.07. The van der Waals surface area contributed by atoms with Crippen molar-refractivity contribution in [2.75, 3.05) is 18.0 Å². The molecule has 0 saturated heterocycles. The van der Waals surface area contributed by atoms with Crippen LogP contribution in [0.5, 0.6) is 0 Å². The van der Waals surface area contributed by atoms with Gasteiger partial charge in [0.25, 0.3) is 0 Å². The van der Waals surface area contributed by atoms with Crippen LogP contribution in [0.4, 0.5) is 11.4 Å². The minimum Gasteiger partial charge on any atom is -0.338 e. The van der Waals surface area contributed by atoms with Crippen molar-refractivity contribution in [1.82, 2.24) is 5.32 Å². The quantitative estimate of drug-likeness (QED) is 0.508. The van der Waals surface area contributed by atoms with Crippen LogP contribution in [0, 0.1) is 0 Å². The fourth-order valence-electron chi connectivity index (χ4n) is 3.58. The summed E-state index contributed by atoms with van der Waals surface area (Å²) < 4.78 is 0. The van der Waals surface area contributed by atoms with Crippen molar-refractivity contribution in [1.29, 1.82) is 0 Å². The van der Waals surface area contributed by atoms with Gasteiger partial charge < -0.3 is 10.2 Å². The molecule has 0 atom stereocenters. The van der Waals surface area contributed by atoms with Gasteiger partial charge in [0.15, 0.2) is 0 Å². The van der Waals surface area contributed by atoms with Crippen molar-refractivity contribution in [2.45, 2.75) is 36.1 Å². The first-order valence-electron chi connectivity index (χ1n) is 9.77. The molecule has 0 saturated carbocycles. The third kappa shape index (κ3) is 4.20. The van der Waals surface area contributed by atoms with Gasteiger partial charge in [-0.3, -0.25) is 0 Å². The van der Waals surface area contributed by atoms with Crippen LogP contribution in [0.3, 0.4) is 0 Å². The largest absolute Gasteiger partial charge is 0.338 e. The van der Waals surface area contributed by atoms with Crippen molar-refractivity contribution in [3.63, 3.8) is 0 Å². The summed E-state index contributed by atoms with van der Waals surface area (Å²) in [7, 11) is 0. The Morgan fingerprint density at radius 3 is 2.44 bits per heavy atom. The highest BCUT2D eigenvalue weighted by atomic mass is 32.2. The molecule has 27 heavy (non-hydrogen) atoms. The molecule has 3 heteroatoms. The molecule has 1 aliphatic rings. The van der Waals surface area contributed by atoms with E-state index in [-0.39, 0.29) is 0 Å². The minimum atomic E-state index is 0.911. The Balaban J connectivity index is 1.52. The van der Waals surface area contributed by atoms with Crippen LogP contribution in [0.1, 0.15) is 24.5 Å². The zero-order valence-electron chi connectivity index (χ0n) is 15.8. The molecule has 3 aromatic rings. The van der Waals surface area contributed by atoms with Gasteiger partial charge in [-0.2, -0.15) is 0 Å². The summed E-state index contributed by atoms with van der Waals surface area (Å²) in [5.41, 5.74) is 5.44. The molecule has 0 aliphatic carbocycles. The summed E-state index contributed by atoms with van der Waals surface area (Å²) in [4.78, 5) is 5.19. The highest BCUT2D eigenvalue weighted by Gasteiger charge is 2.23. The van der Waals surface area contributed by atoms with Crippen molar-refractivity contribution >= 4 is 23.1 Å². The van der Waals surface area contributed by atoms with E-state index in [1.165, 1.54) is 38.7 Å². The average Bonchev–Trinajstić information content (AvgIpc) is 2.71. The lowest BCUT2D eigenvalue weighted by molar-refractivity contribution is 0.684. The second-order valence-corrected chi connectivity index (χ2v) is 8.02. The number of rotatable bonds is 7. The monoisotopic (exact) mass is 374 g/mol. The number of nitrogens with one attached hydrogen (secondary N) is 1. The van der Waals surface area contributed by atoms with Crippen molar-refractivity contribution in [2.24, 2.45) is 0 Å². The van der Waals surface area contributed by atoms with Gasteiger partial charge in [0, 0.05) is 29.4 Å². The Morgan fingerprint density at radius 1 is 0.815 bits per heavy atom. The molecule has 0 amide bonds. The van der Waals surface area contributed by atoms with Crippen molar-refractivity contribution in [3.8, 4) is 0 Å². The molecule has 0 aromatic heterocycles. The summed E-state index contributed by atoms with van der Waals surface area (Å²) in [5, 5.41) is 3.60. The van der Waals surface area contributed by atoms with Crippen LogP contribution in [-0.2, 0) is 13.0 Å². The van der Waals surface area contributed by atoms with E-state index in [0.717, 1.165) is 26.1 Å². The molecular weight excluding hydrogens is 348 g/mol. The lowest BCUT2D eigenvalue weighted by atomic mass is 10.1. The molecule has 138 valence electrons. The van der Waals surface area contributed by atoms with Gasteiger partial charge in [0.05, 0.1) is 11.4 Å². The molecular formula is C24H26N2S. The molecule has 0 unspecified atom stereocenters. The highest BCUT2D eigenvalue weighted by molar-refractivity contribution is 7.99. The number of nitrogens with zero attached hydrogens (tertiary/aromatic N) is 1. The van der Waals surface area contributed by atoms with Crippen LogP contribution in [-0.4, -0.2) is 13.1 Å². The van der Waals surface area contributed by atoms with Crippen LogP contribution in [0.25, 0.3) is 0 Å². The fourth-order valence-corrected chi connectivity index (χ4v) is 4.66. The van der Waals surface area contributed by atoms with Gasteiger partial charge in [0.1, 0.15) is 0 Å². The first-order chi connectivity index (χ1) is 13.3. The molecule has 0 spiro atoms. The third-order valence-electron chi connectivity index (χ3n) is 4.91. The summed E-state index contributed by atoms with van der Waals surface area (Å²) in [6.07, 6.45) is 2.32. The Hall–Kier alpha value is -2.23. The van der Waals surface area contributed by atoms with Gasteiger partial charge in [-0.05, 0) is 41.8 Å². The molecule has 4 rings (SSSR count). The Labute approximate surface area is 166 Å². The van der Waals surface area contributed by atoms with Crippen LogP contribution < -0.4 is 10.2 Å².